The van der Waals surface area contributed by atoms with Crippen LogP contribution in [0, 0.1) is 5.92 Å². The van der Waals surface area contributed by atoms with Crippen molar-refractivity contribution in [1.82, 2.24) is 14.8 Å². The van der Waals surface area contributed by atoms with Crippen LogP contribution in [0.25, 0.3) is 0 Å². The second kappa shape index (κ2) is 8.96. The lowest BCUT2D eigenvalue weighted by Gasteiger charge is -2.32. The topological polar surface area (TPSA) is 79.8 Å². The SMILES string of the molecule is O=C1C[C@](CC(=O)N2C[C@@H]3CC[C@@H]2C3)(c2ccccc2)C(=O)N1CCCOc1cccnc1. The first-order valence-electron chi connectivity index (χ1n) is 11.8. The summed E-state index contributed by atoms with van der Waals surface area (Å²) >= 11 is 0. The molecule has 1 aromatic carbocycles. The number of fused-ring (bicyclic) bond motifs is 2. The molecule has 3 aliphatic rings. The van der Waals surface area contributed by atoms with Gasteiger partial charge in [0.2, 0.25) is 17.7 Å². The van der Waals surface area contributed by atoms with Gasteiger partial charge in [0.05, 0.1) is 18.2 Å². The Bertz CT molecular complexity index is 1030. The Kier molecular flexibility index (Phi) is 5.87. The number of amides is 3. The van der Waals surface area contributed by atoms with E-state index in [4.69, 9.17) is 4.74 Å². The fraction of sp³-hybridized carbons (Fsp3) is 0.462. The third-order valence-corrected chi connectivity index (χ3v) is 7.35. The summed E-state index contributed by atoms with van der Waals surface area (Å²) in [4.78, 5) is 47.4. The molecule has 1 saturated carbocycles. The van der Waals surface area contributed by atoms with Crippen molar-refractivity contribution in [3.8, 4) is 5.75 Å². The van der Waals surface area contributed by atoms with Gasteiger partial charge in [-0.3, -0.25) is 24.3 Å². The number of carbonyl (C=O) groups excluding carboxylic acids is 3. The predicted octanol–water partition coefficient (Wildman–Crippen LogP) is 2.95. The molecule has 3 amide bonds. The van der Waals surface area contributed by atoms with Crippen LogP contribution in [-0.2, 0) is 19.8 Å². The van der Waals surface area contributed by atoms with Gasteiger partial charge in [0.1, 0.15) is 5.75 Å². The van der Waals surface area contributed by atoms with E-state index in [0.29, 0.717) is 30.7 Å². The van der Waals surface area contributed by atoms with Gasteiger partial charge in [-0.15, -0.1) is 0 Å². The molecule has 3 heterocycles. The van der Waals surface area contributed by atoms with E-state index in [1.165, 1.54) is 11.3 Å². The Labute approximate surface area is 193 Å². The van der Waals surface area contributed by atoms with Crippen molar-refractivity contribution in [2.24, 2.45) is 5.92 Å². The molecule has 0 radical (unpaired) electrons. The zero-order chi connectivity index (χ0) is 22.8. The maximum absolute atomic E-state index is 13.7. The molecule has 1 aromatic heterocycles. The largest absolute Gasteiger partial charge is 0.492 e. The van der Waals surface area contributed by atoms with Crippen LogP contribution in [0.1, 0.15) is 44.1 Å². The van der Waals surface area contributed by atoms with Gasteiger partial charge >= 0.3 is 0 Å². The average molecular weight is 448 g/mol. The Morgan fingerprint density at radius 2 is 1.97 bits per heavy atom. The Morgan fingerprint density at radius 3 is 2.67 bits per heavy atom. The van der Waals surface area contributed by atoms with E-state index in [1.807, 2.05) is 41.3 Å². The first-order chi connectivity index (χ1) is 16.1. The second-order valence-electron chi connectivity index (χ2n) is 9.42. The third-order valence-electron chi connectivity index (χ3n) is 7.35. The van der Waals surface area contributed by atoms with Gasteiger partial charge in [0.15, 0.2) is 0 Å². The van der Waals surface area contributed by atoms with Gasteiger partial charge in [-0.2, -0.15) is 0 Å². The van der Waals surface area contributed by atoms with Crippen LogP contribution < -0.4 is 4.74 Å². The Hall–Kier alpha value is -3.22. The monoisotopic (exact) mass is 447 g/mol. The number of rotatable bonds is 8. The van der Waals surface area contributed by atoms with Gasteiger partial charge in [-0.1, -0.05) is 30.3 Å². The lowest BCUT2D eigenvalue weighted by molar-refractivity contribution is -0.143. The summed E-state index contributed by atoms with van der Waals surface area (Å²) in [6.45, 7) is 1.43. The summed E-state index contributed by atoms with van der Waals surface area (Å²) in [5.74, 6) is 0.747. The minimum atomic E-state index is -1.12. The molecule has 2 bridgehead atoms. The molecule has 2 saturated heterocycles. The maximum atomic E-state index is 13.7. The number of imide groups is 1. The number of carbonyl (C=O) groups is 3. The molecule has 2 aromatic rings. The van der Waals surface area contributed by atoms with Crippen LogP contribution in [0.15, 0.2) is 54.9 Å². The fourth-order valence-corrected chi connectivity index (χ4v) is 5.68. The van der Waals surface area contributed by atoms with E-state index in [9.17, 15) is 14.4 Å². The highest BCUT2D eigenvalue weighted by atomic mass is 16.5. The number of nitrogens with zero attached hydrogens (tertiary/aromatic N) is 3. The van der Waals surface area contributed by atoms with Crippen molar-refractivity contribution >= 4 is 17.7 Å². The minimum absolute atomic E-state index is 0.00559. The van der Waals surface area contributed by atoms with Crippen molar-refractivity contribution in [3.05, 3.63) is 60.4 Å². The van der Waals surface area contributed by atoms with E-state index in [2.05, 4.69) is 4.98 Å². The number of benzene rings is 1. The van der Waals surface area contributed by atoms with Crippen LogP contribution in [0.5, 0.6) is 5.75 Å². The predicted molar refractivity (Wildman–Crippen MR) is 121 cm³/mol. The number of hydrogen-bond donors (Lipinski definition) is 0. The molecule has 2 aliphatic heterocycles. The first kappa shape index (κ1) is 21.6. The zero-order valence-corrected chi connectivity index (χ0v) is 18.7. The summed E-state index contributed by atoms with van der Waals surface area (Å²) in [6.07, 6.45) is 7.20. The standard InChI is InChI=1S/C26H29N3O4/c30-23-15-26(20-6-2-1-3-7-20,16-24(31)29-18-19-9-10-21(29)14-19)25(32)28(23)12-5-13-33-22-8-4-11-27-17-22/h1-4,6-8,11,17,19,21H,5,9-10,12-16,18H2/t19-,21-,26+/m1/s1. The highest BCUT2D eigenvalue weighted by Crippen LogP contribution is 2.43. The molecule has 3 atom stereocenters. The van der Waals surface area contributed by atoms with Crippen molar-refractivity contribution in [2.45, 2.75) is 50.0 Å². The molecule has 0 unspecified atom stereocenters. The molecule has 0 spiro atoms. The zero-order valence-electron chi connectivity index (χ0n) is 18.7. The van der Waals surface area contributed by atoms with Crippen LogP contribution in [-0.4, -0.2) is 58.2 Å². The summed E-state index contributed by atoms with van der Waals surface area (Å²) in [5.41, 5.74) is -0.378. The fourth-order valence-electron chi connectivity index (χ4n) is 5.68. The van der Waals surface area contributed by atoms with E-state index < -0.39 is 5.41 Å². The van der Waals surface area contributed by atoms with Gasteiger partial charge in [-0.05, 0) is 49.3 Å². The number of ether oxygens (including phenoxy) is 1. The number of piperidine rings is 1. The molecule has 7 nitrogen and oxygen atoms in total. The maximum Gasteiger partial charge on any atom is 0.240 e. The van der Waals surface area contributed by atoms with E-state index in [-0.39, 0.29) is 37.1 Å². The van der Waals surface area contributed by atoms with Gasteiger partial charge in [0.25, 0.3) is 0 Å². The quantitative estimate of drug-likeness (QED) is 0.459. The summed E-state index contributed by atoms with van der Waals surface area (Å²) < 4.78 is 5.66. The summed E-state index contributed by atoms with van der Waals surface area (Å²) in [6, 6.07) is 13.2. The minimum Gasteiger partial charge on any atom is -0.492 e. The van der Waals surface area contributed by atoms with Crippen molar-refractivity contribution < 1.29 is 19.1 Å². The lowest BCUT2D eigenvalue weighted by Crippen LogP contribution is -2.45. The second-order valence-corrected chi connectivity index (χ2v) is 9.42. The van der Waals surface area contributed by atoms with Gasteiger partial charge in [0, 0.05) is 38.2 Å². The highest BCUT2D eigenvalue weighted by molar-refractivity contribution is 6.10. The number of hydrogen-bond acceptors (Lipinski definition) is 5. The van der Waals surface area contributed by atoms with E-state index in [0.717, 1.165) is 24.9 Å². The normalized spacial score (nSPS) is 26.3. The van der Waals surface area contributed by atoms with Crippen LogP contribution >= 0.6 is 0 Å². The molecule has 5 rings (SSSR count). The average Bonchev–Trinajstić information content (AvgIpc) is 3.53. The van der Waals surface area contributed by atoms with Gasteiger partial charge in [-0.25, -0.2) is 0 Å². The first-order valence-corrected chi connectivity index (χ1v) is 11.8. The molecule has 0 N–H and O–H groups in total. The van der Waals surface area contributed by atoms with Crippen LogP contribution in [0.4, 0.5) is 0 Å². The molecule has 172 valence electrons. The summed E-state index contributed by atoms with van der Waals surface area (Å²) in [5, 5.41) is 0. The van der Waals surface area contributed by atoms with E-state index >= 15 is 0 Å². The molecule has 7 heteroatoms. The highest BCUT2D eigenvalue weighted by Gasteiger charge is 2.54. The Morgan fingerprint density at radius 1 is 1.12 bits per heavy atom. The number of likely N-dealkylation sites (tertiary alicyclic amines) is 2. The van der Waals surface area contributed by atoms with Gasteiger partial charge < -0.3 is 9.64 Å². The molecular formula is C26H29N3O4. The molecule has 1 aliphatic carbocycles. The van der Waals surface area contributed by atoms with E-state index in [1.54, 1.807) is 18.5 Å². The molecule has 3 fully saturated rings. The smallest absolute Gasteiger partial charge is 0.240 e. The van der Waals surface area contributed by atoms with Crippen molar-refractivity contribution in [2.75, 3.05) is 19.7 Å². The van der Waals surface area contributed by atoms with Crippen molar-refractivity contribution in [3.63, 3.8) is 0 Å². The summed E-state index contributed by atoms with van der Waals surface area (Å²) in [7, 11) is 0. The van der Waals surface area contributed by atoms with Crippen LogP contribution in [0.2, 0.25) is 0 Å². The lowest BCUT2D eigenvalue weighted by atomic mass is 9.75. The third kappa shape index (κ3) is 4.12. The number of aromatic nitrogens is 1. The Balaban J connectivity index is 1.30. The van der Waals surface area contributed by atoms with Crippen LogP contribution in [0.3, 0.4) is 0 Å². The van der Waals surface area contributed by atoms with Crippen molar-refractivity contribution in [1.29, 1.82) is 0 Å². The molecule has 33 heavy (non-hydrogen) atoms. The molecular weight excluding hydrogens is 418 g/mol. The number of pyridine rings is 1.